The van der Waals surface area contributed by atoms with E-state index in [1.807, 2.05) is 89.3 Å². The molecule has 3 aliphatic carbocycles. The number of aliphatic hydroxyl groups is 1. The molecule has 3 N–H and O–H groups in total. The fraction of sp³-hybridized carbons (Fsp3) is 0.355. The maximum absolute atomic E-state index is 14.3. The molecule has 1 saturated heterocycles. The quantitative estimate of drug-likeness (QED) is 0.0836. The summed E-state index contributed by atoms with van der Waals surface area (Å²) in [5.41, 5.74) is 11.9. The first-order valence-corrected chi connectivity index (χ1v) is 28.8. The van der Waals surface area contributed by atoms with E-state index >= 15 is 0 Å². The van der Waals surface area contributed by atoms with Gasteiger partial charge < -0.3 is 39.9 Å². The SMILES string of the molecule is CN(C)c1ccc(-c2nc3c(s2)C(O)CCC3)c(F)c1.CN(C)c1ccc(C#N)c(F)c1.CN(C)c1ccc(C(N)=S)c(F)c1.COC1CCCc2nc(-c3ccc(N(C)C)cc3F)sc21.N#Cc1ccc(F)cc1F.O=C1CCCC2OC12. The van der Waals surface area contributed by atoms with E-state index in [4.69, 9.17) is 25.7 Å². The van der Waals surface area contributed by atoms with Gasteiger partial charge in [0.15, 0.2) is 5.78 Å². The van der Waals surface area contributed by atoms with Crippen LogP contribution in [0.15, 0.2) is 91.0 Å². The number of aryl methyl sites for hydroxylation is 2. The summed E-state index contributed by atoms with van der Waals surface area (Å²) in [5, 5.41) is 28.0. The number of thiazole rings is 2. The van der Waals surface area contributed by atoms with Crippen LogP contribution < -0.4 is 25.3 Å². The maximum atomic E-state index is 14.3. The van der Waals surface area contributed by atoms with Crippen LogP contribution in [0.25, 0.3) is 21.1 Å². The number of epoxide rings is 1. The molecule has 11 rings (SSSR count). The molecule has 84 heavy (non-hydrogen) atoms. The van der Waals surface area contributed by atoms with E-state index in [2.05, 4.69) is 22.2 Å². The van der Waals surface area contributed by atoms with E-state index in [1.54, 1.807) is 65.8 Å². The zero-order chi connectivity index (χ0) is 61.5. The molecule has 22 heteroatoms. The fourth-order valence-corrected chi connectivity index (χ4v) is 11.4. The summed E-state index contributed by atoms with van der Waals surface area (Å²) < 4.78 is 89.9. The molecule has 0 radical (unpaired) electrons. The van der Waals surface area contributed by atoms with E-state index < -0.39 is 23.6 Å². The van der Waals surface area contributed by atoms with Gasteiger partial charge in [-0.25, -0.2) is 36.3 Å². The number of carbonyl (C=O) groups excluding carboxylic acids is 1. The number of nitrogens with two attached hydrogens (primary N) is 1. The van der Waals surface area contributed by atoms with Crippen LogP contribution in [-0.2, 0) is 27.1 Å². The smallest absolute Gasteiger partial charge is 0.164 e. The first-order valence-electron chi connectivity index (χ1n) is 26.8. The van der Waals surface area contributed by atoms with Gasteiger partial charge in [-0.2, -0.15) is 10.5 Å². The van der Waals surface area contributed by atoms with Crippen LogP contribution in [0.4, 0.5) is 49.1 Å². The Morgan fingerprint density at radius 1 is 0.619 bits per heavy atom. The lowest BCUT2D eigenvalue weighted by molar-refractivity contribution is -0.120. The normalized spacial score (nSPS) is 16.7. The van der Waals surface area contributed by atoms with Gasteiger partial charge in [0, 0.05) is 115 Å². The van der Waals surface area contributed by atoms with Gasteiger partial charge >= 0.3 is 0 Å². The van der Waals surface area contributed by atoms with Crippen molar-refractivity contribution in [3.63, 3.8) is 0 Å². The summed E-state index contributed by atoms with van der Waals surface area (Å²) in [6.45, 7) is 0. The number of methoxy groups -OCH3 is 1. The fourth-order valence-electron chi connectivity index (χ4n) is 8.84. The average Bonchev–Trinajstić information content (AvgIpc) is 4.20. The van der Waals surface area contributed by atoms with E-state index in [-0.39, 0.29) is 45.8 Å². The highest BCUT2D eigenvalue weighted by Gasteiger charge is 2.46. The molecule has 3 heterocycles. The number of ketones is 1. The predicted octanol–water partition coefficient (Wildman–Crippen LogP) is 13.1. The number of fused-ring (bicyclic) bond motifs is 3. The van der Waals surface area contributed by atoms with Crippen molar-refractivity contribution < 1.29 is 45.7 Å². The Kier molecular flexibility index (Phi) is 23.8. The van der Waals surface area contributed by atoms with Crippen molar-refractivity contribution in [3.05, 3.63) is 164 Å². The third-order valence-corrected chi connectivity index (χ3v) is 16.4. The van der Waals surface area contributed by atoms with Crippen LogP contribution in [0, 0.1) is 57.6 Å². The topological polar surface area (TPSA) is 171 Å². The minimum atomic E-state index is -0.817. The third-order valence-electron chi connectivity index (χ3n) is 13.7. The Balaban J connectivity index is 0.000000167. The highest BCUT2D eigenvalue weighted by atomic mass is 32.1. The molecule has 0 spiro atoms. The number of nitriles is 2. The average molecular weight is 1210 g/mol. The first-order chi connectivity index (χ1) is 39.9. The van der Waals surface area contributed by atoms with Crippen LogP contribution >= 0.6 is 34.9 Å². The van der Waals surface area contributed by atoms with Gasteiger partial charge in [0.2, 0.25) is 0 Å². The Labute approximate surface area is 500 Å². The number of hydrogen-bond acceptors (Lipinski definition) is 15. The molecule has 1 aliphatic heterocycles. The highest BCUT2D eigenvalue weighted by Crippen LogP contribution is 2.41. The number of thiocarbonyl (C=S) groups is 1. The van der Waals surface area contributed by atoms with Crippen molar-refractivity contribution in [3.8, 4) is 33.3 Å². The molecule has 0 bridgehead atoms. The van der Waals surface area contributed by atoms with Crippen LogP contribution in [0.3, 0.4) is 0 Å². The van der Waals surface area contributed by atoms with E-state index in [0.29, 0.717) is 39.7 Å². The molecule has 4 atom stereocenters. The number of Topliss-reactive ketones (excluding diaryl/α,β-unsaturated/α-hetero) is 1. The van der Waals surface area contributed by atoms with Gasteiger partial charge in [-0.1, -0.05) is 12.2 Å². The first kappa shape index (κ1) is 65.7. The van der Waals surface area contributed by atoms with Crippen molar-refractivity contribution in [2.45, 2.75) is 82.2 Å². The molecule has 2 fully saturated rings. The zero-order valence-corrected chi connectivity index (χ0v) is 50.6. The Morgan fingerprint density at radius 2 is 1.06 bits per heavy atom. The second-order valence-corrected chi connectivity index (χ2v) is 23.1. The van der Waals surface area contributed by atoms with Crippen LogP contribution in [0.2, 0.25) is 0 Å². The number of hydrogen-bond donors (Lipinski definition) is 2. The Bertz CT molecular complexity index is 3510. The van der Waals surface area contributed by atoms with E-state index in [1.165, 1.54) is 35.6 Å². The highest BCUT2D eigenvalue weighted by molar-refractivity contribution is 7.80. The van der Waals surface area contributed by atoms with Crippen molar-refractivity contribution in [2.24, 2.45) is 5.73 Å². The number of aromatic nitrogens is 2. The minimum Gasteiger partial charge on any atom is -0.389 e. The van der Waals surface area contributed by atoms with Gasteiger partial charge in [0.25, 0.3) is 0 Å². The number of carbonyl (C=O) groups is 1. The second kappa shape index (κ2) is 30.4. The molecule has 13 nitrogen and oxygen atoms in total. The molecule has 4 aliphatic rings. The number of halogens is 6. The summed E-state index contributed by atoms with van der Waals surface area (Å²) in [5.74, 6) is -2.50. The lowest BCUT2D eigenvalue weighted by Gasteiger charge is -2.19. The van der Waals surface area contributed by atoms with E-state index in [9.17, 15) is 36.2 Å². The standard InChI is InChI=1S/C16H19FN2OS.C15H17FN2OS.C9H11FN2S.C9H9FN2.C7H3F2N.C6H8O2/c1-19(2)10-7-8-11(12(17)9-10)16-18-13-5-4-6-14(20-3)15(13)21-16;1-18(2)9-6-7-10(11(16)8-9)15-17-12-4-3-5-13(19)14(12)20-15;1-12(2)6-3-4-7(9(11)13)8(10)5-6;1-12(2)8-4-3-7(6-11)9(10)5-8;8-6-2-1-5(4-10)7(9)3-6;7-4-2-1-3-5-6(4)8-5/h7-9,14H,4-6H2,1-3H3;6-8,13,19H,3-5H2,1-2H3;3-5H,1-2H3,(H2,11,13);3-5H,1-2H3;1-3H;5-6H,1-3H2. The number of ether oxygens (including phenoxy) is 2. The summed E-state index contributed by atoms with van der Waals surface area (Å²) >= 11 is 7.65. The second-order valence-electron chi connectivity index (χ2n) is 20.6. The molecule has 4 unspecified atom stereocenters. The molecular weight excluding hydrogens is 1140 g/mol. The van der Waals surface area contributed by atoms with E-state index in [0.717, 1.165) is 119 Å². The van der Waals surface area contributed by atoms with Crippen molar-refractivity contribution in [1.82, 2.24) is 9.97 Å². The predicted molar refractivity (Wildman–Crippen MR) is 325 cm³/mol. The van der Waals surface area contributed by atoms with Crippen LogP contribution in [-0.4, -0.2) is 102 Å². The summed E-state index contributed by atoms with van der Waals surface area (Å²) in [6.07, 6.45) is 8.60. The van der Waals surface area contributed by atoms with Gasteiger partial charge in [0.1, 0.15) is 68.1 Å². The third kappa shape index (κ3) is 17.6. The zero-order valence-electron chi connectivity index (χ0n) is 48.2. The van der Waals surface area contributed by atoms with Crippen LogP contribution in [0.5, 0.6) is 0 Å². The van der Waals surface area contributed by atoms with Crippen molar-refractivity contribution in [1.29, 1.82) is 10.5 Å². The maximum Gasteiger partial charge on any atom is 0.164 e. The number of rotatable bonds is 8. The lowest BCUT2D eigenvalue weighted by Crippen LogP contribution is -2.14. The molecular formula is C62H67F6N9O4S3. The molecule has 444 valence electrons. The van der Waals surface area contributed by atoms with Gasteiger partial charge in [-0.15, -0.1) is 22.7 Å². The molecule has 2 aromatic heterocycles. The molecule has 5 aromatic carbocycles. The monoisotopic (exact) mass is 1210 g/mol. The number of nitrogens with zero attached hydrogens (tertiary/aromatic N) is 8. The molecule has 1 saturated carbocycles. The number of benzene rings is 5. The van der Waals surface area contributed by atoms with Crippen molar-refractivity contribution in [2.75, 3.05) is 83.1 Å². The Morgan fingerprint density at radius 3 is 1.49 bits per heavy atom. The summed E-state index contributed by atoms with van der Waals surface area (Å²) in [6, 6.07) is 26.0. The minimum absolute atomic E-state index is 0.0312. The van der Waals surface area contributed by atoms with Gasteiger partial charge in [0.05, 0.1) is 50.6 Å². The number of aliphatic hydroxyl groups excluding tert-OH is 1. The molecule has 0 amide bonds. The Hall–Kier alpha value is -7.44. The summed E-state index contributed by atoms with van der Waals surface area (Å²) in [7, 11) is 16.6. The molecule has 7 aromatic rings. The van der Waals surface area contributed by atoms with Crippen LogP contribution in [0.1, 0.15) is 95.0 Å². The van der Waals surface area contributed by atoms with Gasteiger partial charge in [-0.05, 0) is 136 Å². The number of anilines is 4. The lowest BCUT2D eigenvalue weighted by atomic mass is 10.00. The van der Waals surface area contributed by atoms with Crippen molar-refractivity contribution >= 4 is 68.4 Å². The largest absolute Gasteiger partial charge is 0.389 e. The summed E-state index contributed by atoms with van der Waals surface area (Å²) in [4.78, 5) is 29.4. The van der Waals surface area contributed by atoms with Gasteiger partial charge in [-0.3, -0.25) is 4.79 Å².